The molecule has 1 fully saturated rings. The molecule has 0 saturated carbocycles. The van der Waals surface area contributed by atoms with Crippen molar-refractivity contribution in [2.45, 2.75) is 25.4 Å². The van der Waals surface area contributed by atoms with Crippen molar-refractivity contribution >= 4 is 5.91 Å². The van der Waals surface area contributed by atoms with Crippen LogP contribution in [0.25, 0.3) is 0 Å². The van der Waals surface area contributed by atoms with Crippen molar-refractivity contribution in [2.24, 2.45) is 0 Å². The number of benzene rings is 1. The number of hydrogen-bond donors (Lipinski definition) is 0. The molecule has 1 amide bonds. The molecular formula is C18H18F6N4O. The highest BCUT2D eigenvalue weighted by molar-refractivity contribution is 5.76. The van der Waals surface area contributed by atoms with Crippen LogP contribution in [0.15, 0.2) is 36.5 Å². The molecule has 1 aromatic heterocycles. The molecular weight excluding hydrogens is 402 g/mol. The average Bonchev–Trinajstić information content (AvgIpc) is 3.11. The molecule has 0 atom stereocenters. The first-order chi connectivity index (χ1) is 13.5. The van der Waals surface area contributed by atoms with Crippen LogP contribution in [0.3, 0.4) is 0 Å². The zero-order valence-corrected chi connectivity index (χ0v) is 15.2. The number of carbonyl (C=O) groups is 1. The molecule has 1 aliphatic heterocycles. The van der Waals surface area contributed by atoms with Crippen molar-refractivity contribution < 1.29 is 31.1 Å². The van der Waals surface area contributed by atoms with Crippen molar-refractivity contribution in [2.75, 3.05) is 26.2 Å². The van der Waals surface area contributed by atoms with E-state index in [1.54, 1.807) is 0 Å². The molecule has 158 valence electrons. The largest absolute Gasteiger partial charge is 0.435 e. The fourth-order valence-corrected chi connectivity index (χ4v) is 3.05. The van der Waals surface area contributed by atoms with Crippen LogP contribution in [0.5, 0.6) is 0 Å². The molecule has 2 heterocycles. The summed E-state index contributed by atoms with van der Waals surface area (Å²) in [6, 6.07) is 5.74. The highest BCUT2D eigenvalue weighted by Gasteiger charge is 2.34. The summed E-state index contributed by atoms with van der Waals surface area (Å²) in [6.07, 6.45) is -7.82. The van der Waals surface area contributed by atoms with Crippen LogP contribution in [0.2, 0.25) is 0 Å². The summed E-state index contributed by atoms with van der Waals surface area (Å²) < 4.78 is 76.5. The van der Waals surface area contributed by atoms with E-state index in [1.165, 1.54) is 17.0 Å². The van der Waals surface area contributed by atoms with Gasteiger partial charge in [0.15, 0.2) is 5.69 Å². The van der Waals surface area contributed by atoms with Crippen LogP contribution in [0.4, 0.5) is 26.3 Å². The Bertz CT molecular complexity index is 835. The molecule has 0 spiro atoms. The Balaban J connectivity index is 1.48. The first-order valence-corrected chi connectivity index (χ1v) is 8.79. The Hall–Kier alpha value is -2.56. The number of nitrogens with zero attached hydrogens (tertiary/aromatic N) is 4. The van der Waals surface area contributed by atoms with Crippen LogP contribution in [-0.2, 0) is 30.2 Å². The molecule has 0 bridgehead atoms. The van der Waals surface area contributed by atoms with Crippen molar-refractivity contribution in [1.29, 1.82) is 0 Å². The molecule has 5 nitrogen and oxygen atoms in total. The van der Waals surface area contributed by atoms with Gasteiger partial charge in [-0.05, 0) is 23.8 Å². The van der Waals surface area contributed by atoms with E-state index in [4.69, 9.17) is 0 Å². The molecule has 0 aliphatic carbocycles. The first-order valence-electron chi connectivity index (χ1n) is 8.79. The molecule has 3 rings (SSSR count). The number of alkyl halides is 6. The van der Waals surface area contributed by atoms with E-state index in [9.17, 15) is 31.1 Å². The van der Waals surface area contributed by atoms with Crippen LogP contribution < -0.4 is 0 Å². The maximum absolute atomic E-state index is 12.6. The number of hydrogen-bond acceptors (Lipinski definition) is 3. The average molecular weight is 420 g/mol. The molecule has 1 aromatic carbocycles. The lowest BCUT2D eigenvalue weighted by atomic mass is 10.1. The van der Waals surface area contributed by atoms with Crippen LogP contribution in [0, 0.1) is 0 Å². The fraction of sp³-hybridized carbons (Fsp3) is 0.444. The lowest BCUT2D eigenvalue weighted by Crippen LogP contribution is -2.49. The van der Waals surface area contributed by atoms with E-state index < -0.39 is 23.6 Å². The summed E-state index contributed by atoms with van der Waals surface area (Å²) in [5.74, 6) is -0.337. The van der Waals surface area contributed by atoms with Crippen LogP contribution >= 0.6 is 0 Å². The molecule has 1 aliphatic rings. The Morgan fingerprint density at radius 1 is 0.897 bits per heavy atom. The minimum absolute atomic E-state index is 0.283. The second-order valence-corrected chi connectivity index (χ2v) is 6.75. The first kappa shape index (κ1) is 21.2. The summed E-state index contributed by atoms with van der Waals surface area (Å²) in [4.78, 5) is 15.8. The van der Waals surface area contributed by atoms with Gasteiger partial charge in [-0.3, -0.25) is 14.4 Å². The van der Waals surface area contributed by atoms with E-state index in [2.05, 4.69) is 5.10 Å². The molecule has 29 heavy (non-hydrogen) atoms. The zero-order valence-electron chi connectivity index (χ0n) is 15.2. The Kier molecular flexibility index (Phi) is 5.87. The van der Waals surface area contributed by atoms with Crippen LogP contribution in [-0.4, -0.2) is 51.7 Å². The Morgan fingerprint density at radius 2 is 1.52 bits per heavy atom. The van der Waals surface area contributed by atoms with Gasteiger partial charge in [-0.15, -0.1) is 0 Å². The predicted octanol–water partition coefficient (Wildman–Crippen LogP) is 3.27. The summed E-state index contributed by atoms with van der Waals surface area (Å²) in [7, 11) is 0. The number of halogens is 6. The number of piperazine rings is 1. The van der Waals surface area contributed by atoms with E-state index >= 15 is 0 Å². The van der Waals surface area contributed by atoms with Gasteiger partial charge in [0.25, 0.3) is 0 Å². The molecule has 11 heteroatoms. The number of rotatable bonds is 4. The van der Waals surface area contributed by atoms with Crippen molar-refractivity contribution in [3.8, 4) is 0 Å². The predicted molar refractivity (Wildman–Crippen MR) is 90.5 cm³/mol. The normalized spacial score (nSPS) is 16.3. The second kappa shape index (κ2) is 8.05. The van der Waals surface area contributed by atoms with Crippen molar-refractivity contribution in [3.05, 3.63) is 53.3 Å². The van der Waals surface area contributed by atoms with E-state index in [0.717, 1.165) is 34.6 Å². The summed E-state index contributed by atoms with van der Waals surface area (Å²) in [5.41, 5.74) is -1.02. The van der Waals surface area contributed by atoms with Gasteiger partial charge in [0.1, 0.15) is 6.54 Å². The maximum Gasteiger partial charge on any atom is 0.435 e. The maximum atomic E-state index is 12.6. The van der Waals surface area contributed by atoms with Crippen molar-refractivity contribution in [1.82, 2.24) is 19.6 Å². The third-order valence-corrected chi connectivity index (χ3v) is 4.64. The quantitative estimate of drug-likeness (QED) is 0.714. The summed E-state index contributed by atoms with van der Waals surface area (Å²) in [6.45, 7) is 1.96. The minimum Gasteiger partial charge on any atom is -0.339 e. The monoisotopic (exact) mass is 420 g/mol. The Labute approximate surface area is 162 Å². The number of aromatic nitrogens is 2. The molecule has 1 saturated heterocycles. The Morgan fingerprint density at radius 3 is 2.03 bits per heavy atom. The topological polar surface area (TPSA) is 41.4 Å². The zero-order chi connectivity index (χ0) is 21.2. The third-order valence-electron chi connectivity index (χ3n) is 4.64. The standard InChI is InChI=1S/C18H18F6N4O/c19-17(20,21)14-3-1-13(2-4-14)11-26-7-9-27(10-8-26)16(29)12-28-6-5-15(25-28)18(22,23)24/h1-6H,7-12H2. The van der Waals surface area contributed by atoms with E-state index in [-0.39, 0.29) is 12.5 Å². The van der Waals surface area contributed by atoms with Gasteiger partial charge < -0.3 is 4.90 Å². The van der Waals surface area contributed by atoms with Gasteiger partial charge in [0.05, 0.1) is 5.56 Å². The van der Waals surface area contributed by atoms with Crippen LogP contribution in [0.1, 0.15) is 16.8 Å². The van der Waals surface area contributed by atoms with E-state index in [1.807, 2.05) is 4.90 Å². The molecule has 0 radical (unpaired) electrons. The third kappa shape index (κ3) is 5.49. The van der Waals surface area contributed by atoms with E-state index in [0.29, 0.717) is 32.7 Å². The fourth-order valence-electron chi connectivity index (χ4n) is 3.05. The second-order valence-electron chi connectivity index (χ2n) is 6.75. The smallest absolute Gasteiger partial charge is 0.339 e. The lowest BCUT2D eigenvalue weighted by Gasteiger charge is -2.34. The van der Waals surface area contributed by atoms with Gasteiger partial charge in [0, 0.05) is 38.9 Å². The number of carbonyl (C=O) groups excluding carboxylic acids is 1. The summed E-state index contributed by atoms with van der Waals surface area (Å²) >= 11 is 0. The van der Waals surface area contributed by atoms with Gasteiger partial charge in [-0.25, -0.2) is 0 Å². The van der Waals surface area contributed by atoms with Crippen molar-refractivity contribution in [3.63, 3.8) is 0 Å². The van der Waals surface area contributed by atoms with Gasteiger partial charge in [-0.2, -0.15) is 31.4 Å². The molecule has 2 aromatic rings. The highest BCUT2D eigenvalue weighted by Crippen LogP contribution is 2.29. The SMILES string of the molecule is O=C(Cn1ccc(C(F)(F)F)n1)N1CCN(Cc2ccc(C(F)(F)F)cc2)CC1. The van der Waals surface area contributed by atoms with Gasteiger partial charge in [0.2, 0.25) is 5.91 Å². The minimum atomic E-state index is -4.56. The van der Waals surface area contributed by atoms with Gasteiger partial charge >= 0.3 is 12.4 Å². The summed E-state index contributed by atoms with van der Waals surface area (Å²) in [5, 5.41) is 3.37. The lowest BCUT2D eigenvalue weighted by molar-refractivity contribution is -0.142. The highest BCUT2D eigenvalue weighted by atomic mass is 19.4. The number of amides is 1. The molecule has 0 unspecified atom stereocenters. The van der Waals surface area contributed by atoms with Gasteiger partial charge in [-0.1, -0.05) is 12.1 Å². The molecule has 0 N–H and O–H groups in total.